The molecule has 12 heavy (non-hydrogen) atoms. The van der Waals surface area contributed by atoms with Crippen LogP contribution in [0, 0.1) is 0 Å². The number of hydrogen-bond donors (Lipinski definition) is 2. The van der Waals surface area contributed by atoms with Gasteiger partial charge in [-0.25, -0.2) is 0 Å². The number of nitrogens with zero attached hydrogens (tertiary/aromatic N) is 1. The van der Waals surface area contributed by atoms with E-state index in [-0.39, 0.29) is 0 Å². The van der Waals surface area contributed by atoms with Gasteiger partial charge < -0.3 is 5.32 Å². The molecule has 1 aromatic rings. The van der Waals surface area contributed by atoms with Crippen LogP contribution in [-0.4, -0.2) is 22.8 Å². The van der Waals surface area contributed by atoms with Crippen LogP contribution in [0.5, 0.6) is 0 Å². The van der Waals surface area contributed by atoms with Gasteiger partial charge in [0.25, 0.3) is 0 Å². The smallest absolute Gasteiger partial charge is 0.104 e. The van der Waals surface area contributed by atoms with Crippen molar-refractivity contribution in [2.24, 2.45) is 0 Å². The Labute approximate surface area is 80.1 Å². The number of H-pyrrole nitrogens is 1. The highest BCUT2D eigenvalue weighted by Gasteiger charge is 2.15. The molecule has 0 aliphatic carbocycles. The van der Waals surface area contributed by atoms with E-state index in [1.54, 1.807) is 0 Å². The zero-order chi connectivity index (χ0) is 8.39. The third-order valence-corrected chi connectivity index (χ3v) is 2.98. The molecule has 0 saturated carbocycles. The molecule has 1 unspecified atom stereocenters. The van der Waals surface area contributed by atoms with E-state index in [1.807, 2.05) is 6.20 Å². The number of nitrogens with one attached hydrogen (secondary N) is 2. The lowest BCUT2D eigenvalue weighted by molar-refractivity contribution is 0.602. The van der Waals surface area contributed by atoms with E-state index in [0.29, 0.717) is 6.04 Å². The minimum Gasteiger partial charge on any atom is -0.314 e. The minimum absolute atomic E-state index is 0.652. The molecule has 1 aromatic heterocycles. The van der Waals surface area contributed by atoms with Crippen molar-refractivity contribution in [1.82, 2.24) is 15.5 Å². The van der Waals surface area contributed by atoms with Crippen LogP contribution in [0.4, 0.5) is 0 Å². The van der Waals surface area contributed by atoms with Gasteiger partial charge in [0.2, 0.25) is 0 Å². The molecule has 1 saturated heterocycles. The first-order chi connectivity index (χ1) is 5.86. The predicted molar refractivity (Wildman–Crippen MR) is 51.0 cm³/mol. The van der Waals surface area contributed by atoms with Crippen molar-refractivity contribution >= 4 is 15.9 Å². The number of aromatic amines is 1. The first-order valence-corrected chi connectivity index (χ1v) is 5.06. The van der Waals surface area contributed by atoms with Gasteiger partial charge in [-0.05, 0) is 41.7 Å². The molecule has 1 aliphatic rings. The van der Waals surface area contributed by atoms with Crippen molar-refractivity contribution in [3.05, 3.63) is 16.4 Å². The Bertz CT molecular complexity index is 253. The Morgan fingerprint density at radius 3 is 3.17 bits per heavy atom. The second-order valence-corrected chi connectivity index (χ2v) is 4.00. The highest BCUT2D eigenvalue weighted by atomic mass is 79.9. The highest BCUT2D eigenvalue weighted by Crippen LogP contribution is 2.17. The topological polar surface area (TPSA) is 40.7 Å². The predicted octanol–water partition coefficient (Wildman–Crippen LogP) is 1.47. The first kappa shape index (κ1) is 8.26. The largest absolute Gasteiger partial charge is 0.314 e. The van der Waals surface area contributed by atoms with Gasteiger partial charge >= 0.3 is 0 Å². The Hall–Kier alpha value is -0.350. The summed E-state index contributed by atoms with van der Waals surface area (Å²) < 4.78 is 1.02. The molecule has 1 aliphatic heterocycles. The van der Waals surface area contributed by atoms with Crippen molar-refractivity contribution in [3.8, 4) is 0 Å². The molecule has 0 aromatic carbocycles. The van der Waals surface area contributed by atoms with Crippen LogP contribution in [0.3, 0.4) is 0 Å². The quantitative estimate of drug-likeness (QED) is 0.807. The molecule has 1 fully saturated rings. The van der Waals surface area contributed by atoms with Crippen LogP contribution in [0.2, 0.25) is 0 Å². The van der Waals surface area contributed by atoms with Crippen molar-refractivity contribution in [2.75, 3.05) is 6.54 Å². The number of halogens is 1. The van der Waals surface area contributed by atoms with Crippen LogP contribution in [0.1, 0.15) is 18.4 Å². The standard InChI is InChI=1S/C8H12BrN3/c9-8-6(5-11-12-8)4-7-2-1-3-10-7/h5,7,10H,1-4H2,(H,11,12). The Morgan fingerprint density at radius 2 is 2.58 bits per heavy atom. The molecule has 2 N–H and O–H groups in total. The van der Waals surface area contributed by atoms with E-state index in [9.17, 15) is 0 Å². The van der Waals surface area contributed by atoms with E-state index < -0.39 is 0 Å². The molecular formula is C8H12BrN3. The summed E-state index contributed by atoms with van der Waals surface area (Å²) >= 11 is 3.43. The van der Waals surface area contributed by atoms with Crippen LogP contribution in [0.25, 0.3) is 0 Å². The van der Waals surface area contributed by atoms with Crippen molar-refractivity contribution in [2.45, 2.75) is 25.3 Å². The Kier molecular flexibility index (Phi) is 2.46. The van der Waals surface area contributed by atoms with Crippen LogP contribution in [-0.2, 0) is 6.42 Å². The van der Waals surface area contributed by atoms with Crippen molar-refractivity contribution < 1.29 is 0 Å². The van der Waals surface area contributed by atoms with Crippen LogP contribution in [0.15, 0.2) is 10.8 Å². The average molecular weight is 230 g/mol. The molecule has 0 bridgehead atoms. The molecule has 4 heteroatoms. The summed E-state index contributed by atoms with van der Waals surface area (Å²) in [4.78, 5) is 0. The summed E-state index contributed by atoms with van der Waals surface area (Å²) in [7, 11) is 0. The Morgan fingerprint density at radius 1 is 1.67 bits per heavy atom. The van der Waals surface area contributed by atoms with E-state index in [0.717, 1.165) is 11.0 Å². The molecule has 0 radical (unpaired) electrons. The summed E-state index contributed by atoms with van der Waals surface area (Å²) in [6.07, 6.45) is 5.57. The third kappa shape index (κ3) is 1.69. The average Bonchev–Trinajstić information content (AvgIpc) is 2.65. The normalized spacial score (nSPS) is 23.2. The summed E-state index contributed by atoms with van der Waals surface area (Å²) in [5.74, 6) is 0. The molecule has 0 spiro atoms. The highest BCUT2D eigenvalue weighted by molar-refractivity contribution is 9.10. The van der Waals surface area contributed by atoms with Gasteiger partial charge in [-0.1, -0.05) is 0 Å². The second kappa shape index (κ2) is 3.58. The molecule has 0 amide bonds. The van der Waals surface area contributed by atoms with Crippen molar-refractivity contribution in [3.63, 3.8) is 0 Å². The number of rotatable bonds is 2. The molecule has 3 nitrogen and oxygen atoms in total. The fraction of sp³-hybridized carbons (Fsp3) is 0.625. The SMILES string of the molecule is Brc1[nH]ncc1CC1CCCN1. The molecular weight excluding hydrogens is 218 g/mol. The van der Waals surface area contributed by atoms with Gasteiger partial charge in [0, 0.05) is 11.6 Å². The van der Waals surface area contributed by atoms with Gasteiger partial charge in [-0.2, -0.15) is 5.10 Å². The maximum Gasteiger partial charge on any atom is 0.104 e. The maximum absolute atomic E-state index is 3.96. The zero-order valence-electron chi connectivity index (χ0n) is 6.81. The van der Waals surface area contributed by atoms with Gasteiger partial charge in [0.1, 0.15) is 4.60 Å². The van der Waals surface area contributed by atoms with E-state index in [2.05, 4.69) is 31.4 Å². The van der Waals surface area contributed by atoms with Gasteiger partial charge in [-0.3, -0.25) is 5.10 Å². The molecule has 2 heterocycles. The Balaban J connectivity index is 1.98. The monoisotopic (exact) mass is 229 g/mol. The van der Waals surface area contributed by atoms with Crippen molar-refractivity contribution in [1.29, 1.82) is 0 Å². The lowest BCUT2D eigenvalue weighted by atomic mass is 10.1. The fourth-order valence-corrected chi connectivity index (χ4v) is 2.00. The van der Waals surface area contributed by atoms with E-state index >= 15 is 0 Å². The first-order valence-electron chi connectivity index (χ1n) is 4.27. The van der Waals surface area contributed by atoms with Crippen LogP contribution < -0.4 is 5.32 Å². The zero-order valence-corrected chi connectivity index (χ0v) is 8.39. The molecule has 2 rings (SSSR count). The lowest BCUT2D eigenvalue weighted by Crippen LogP contribution is -2.23. The van der Waals surface area contributed by atoms with E-state index in [4.69, 9.17) is 0 Å². The van der Waals surface area contributed by atoms with E-state index in [1.165, 1.54) is 24.9 Å². The van der Waals surface area contributed by atoms with Gasteiger partial charge in [0.05, 0.1) is 6.20 Å². The minimum atomic E-state index is 0.652. The fourth-order valence-electron chi connectivity index (χ4n) is 1.63. The second-order valence-electron chi connectivity index (χ2n) is 3.21. The summed E-state index contributed by atoms with van der Waals surface area (Å²) in [6, 6.07) is 0.652. The summed E-state index contributed by atoms with van der Waals surface area (Å²) in [6.45, 7) is 1.17. The molecule has 66 valence electrons. The van der Waals surface area contributed by atoms with Gasteiger partial charge in [0.15, 0.2) is 0 Å². The maximum atomic E-state index is 3.96. The third-order valence-electron chi connectivity index (χ3n) is 2.29. The number of aromatic nitrogens is 2. The lowest BCUT2D eigenvalue weighted by Gasteiger charge is -2.07. The van der Waals surface area contributed by atoms with Crippen LogP contribution >= 0.6 is 15.9 Å². The molecule has 1 atom stereocenters. The van der Waals surface area contributed by atoms with Gasteiger partial charge in [-0.15, -0.1) is 0 Å². The summed E-state index contributed by atoms with van der Waals surface area (Å²) in [5, 5.41) is 10.3. The number of hydrogen-bond acceptors (Lipinski definition) is 2. The summed E-state index contributed by atoms with van der Waals surface area (Å²) in [5.41, 5.74) is 1.27.